The van der Waals surface area contributed by atoms with Gasteiger partial charge in [-0.25, -0.2) is 9.97 Å². The molecule has 6 aromatic rings. The minimum atomic E-state index is -0.144. The van der Waals surface area contributed by atoms with E-state index in [0.29, 0.717) is 16.8 Å². The topological polar surface area (TPSA) is 103 Å². The molecule has 4 aromatic heterocycles. The summed E-state index contributed by atoms with van der Waals surface area (Å²) in [7, 11) is 0. The van der Waals surface area contributed by atoms with E-state index in [2.05, 4.69) is 69.7 Å². The molecule has 0 saturated carbocycles. The number of aromatic nitrogens is 4. The lowest BCUT2D eigenvalue weighted by Gasteiger charge is -2.22. The van der Waals surface area contributed by atoms with Crippen LogP contribution < -0.4 is 0 Å². The number of pyridine rings is 4. The lowest BCUT2D eigenvalue weighted by atomic mass is 9.83. The summed E-state index contributed by atoms with van der Waals surface area (Å²) in [4.78, 5) is 19.3. The van der Waals surface area contributed by atoms with Crippen LogP contribution in [0, 0.1) is 0 Å². The van der Waals surface area contributed by atoms with Gasteiger partial charge in [0.1, 0.15) is 5.75 Å². The maximum absolute atomic E-state index is 11.6. The predicted octanol–water partition coefficient (Wildman–Crippen LogP) is 9.08. The van der Waals surface area contributed by atoms with Crippen molar-refractivity contribution in [2.75, 3.05) is 0 Å². The van der Waals surface area contributed by atoms with Crippen LogP contribution in [0.4, 0.5) is 0 Å². The first-order chi connectivity index (χ1) is 21.5. The van der Waals surface area contributed by atoms with Gasteiger partial charge in [0.05, 0.1) is 34.2 Å². The SMILES string of the molecule is CC(C)(C)c1cc(-c2ccccn2)cc(-c2cccc(-c3cccc(-c4cc(C(C)(C)C)cc(-c5ccccn5)c4O)n3)n2)c1.O. The summed E-state index contributed by atoms with van der Waals surface area (Å²) < 4.78 is 0. The van der Waals surface area contributed by atoms with Crippen LogP contribution in [0.25, 0.3) is 56.4 Å². The molecule has 3 N–H and O–H groups in total. The van der Waals surface area contributed by atoms with E-state index >= 15 is 0 Å². The minimum Gasteiger partial charge on any atom is -0.507 e. The predicted molar refractivity (Wildman–Crippen MR) is 187 cm³/mol. The summed E-state index contributed by atoms with van der Waals surface area (Å²) in [5.74, 6) is 0.161. The summed E-state index contributed by atoms with van der Waals surface area (Å²) in [6, 6.07) is 34.3. The van der Waals surface area contributed by atoms with Crippen LogP contribution in [0.3, 0.4) is 0 Å². The number of aromatic hydroxyl groups is 1. The molecule has 0 fully saturated rings. The molecule has 2 aromatic carbocycles. The third-order valence-corrected chi connectivity index (χ3v) is 8.01. The Labute approximate surface area is 271 Å². The van der Waals surface area contributed by atoms with Gasteiger partial charge in [-0.15, -0.1) is 0 Å². The second kappa shape index (κ2) is 12.7. The third kappa shape index (κ3) is 6.72. The Bertz CT molecular complexity index is 1980. The Balaban J connectivity index is 0.00000417. The number of nitrogens with zero attached hydrogens (tertiary/aromatic N) is 4. The maximum Gasteiger partial charge on any atom is 0.134 e. The van der Waals surface area contributed by atoms with Crippen molar-refractivity contribution in [2.24, 2.45) is 0 Å². The van der Waals surface area contributed by atoms with Gasteiger partial charge in [0, 0.05) is 34.6 Å². The molecule has 6 nitrogen and oxygen atoms in total. The molecule has 0 saturated heterocycles. The van der Waals surface area contributed by atoms with Crippen LogP contribution >= 0.6 is 0 Å². The molecule has 0 amide bonds. The van der Waals surface area contributed by atoms with Gasteiger partial charge in [-0.3, -0.25) is 9.97 Å². The fraction of sp³-hybridized carbons (Fsp3) is 0.200. The van der Waals surface area contributed by atoms with Crippen molar-refractivity contribution in [3.8, 4) is 62.2 Å². The molecule has 0 aliphatic rings. The fourth-order valence-electron chi connectivity index (χ4n) is 5.34. The van der Waals surface area contributed by atoms with Crippen molar-refractivity contribution in [1.82, 2.24) is 19.9 Å². The Morgan fingerprint density at radius 2 is 0.891 bits per heavy atom. The van der Waals surface area contributed by atoms with Gasteiger partial charge in [0.2, 0.25) is 0 Å². The van der Waals surface area contributed by atoms with Crippen LogP contribution in [0.15, 0.2) is 116 Å². The molecule has 0 atom stereocenters. The Morgan fingerprint density at radius 1 is 0.457 bits per heavy atom. The van der Waals surface area contributed by atoms with Crippen molar-refractivity contribution >= 4 is 0 Å². The van der Waals surface area contributed by atoms with E-state index < -0.39 is 0 Å². The van der Waals surface area contributed by atoms with Crippen molar-refractivity contribution < 1.29 is 10.6 Å². The quantitative estimate of drug-likeness (QED) is 0.210. The average molecular weight is 609 g/mol. The number of phenolic OH excluding ortho intramolecular Hbond substituents is 1. The second-order valence-corrected chi connectivity index (χ2v) is 13.5. The Morgan fingerprint density at radius 3 is 1.43 bits per heavy atom. The molecule has 0 aliphatic carbocycles. The molecule has 0 spiro atoms. The normalized spacial score (nSPS) is 11.6. The zero-order valence-electron chi connectivity index (χ0n) is 27.2. The zero-order valence-corrected chi connectivity index (χ0v) is 27.2. The molecule has 4 heterocycles. The van der Waals surface area contributed by atoms with E-state index in [1.807, 2.05) is 91.1 Å². The molecule has 0 aliphatic heterocycles. The molecule has 6 rings (SSSR count). The third-order valence-electron chi connectivity index (χ3n) is 8.01. The van der Waals surface area contributed by atoms with Gasteiger partial charge < -0.3 is 10.6 Å². The first-order valence-electron chi connectivity index (χ1n) is 15.3. The molecule has 232 valence electrons. The van der Waals surface area contributed by atoms with E-state index in [1.165, 1.54) is 5.56 Å². The summed E-state index contributed by atoms with van der Waals surface area (Å²) in [5, 5.41) is 11.6. The summed E-state index contributed by atoms with van der Waals surface area (Å²) in [5.41, 5.74) is 10.2. The van der Waals surface area contributed by atoms with Gasteiger partial charge in [-0.05, 0) is 101 Å². The van der Waals surface area contributed by atoms with Crippen LogP contribution in [0.5, 0.6) is 5.75 Å². The van der Waals surface area contributed by atoms with E-state index in [1.54, 1.807) is 6.20 Å². The zero-order chi connectivity index (χ0) is 31.8. The Hall–Kier alpha value is -5.20. The first kappa shape index (κ1) is 32.2. The second-order valence-electron chi connectivity index (χ2n) is 13.5. The molecular formula is C40H40N4O2. The summed E-state index contributed by atoms with van der Waals surface area (Å²) in [6.07, 6.45) is 3.57. The average Bonchev–Trinajstić information content (AvgIpc) is 3.04. The van der Waals surface area contributed by atoms with Crippen molar-refractivity contribution in [3.05, 3.63) is 127 Å². The molecular weight excluding hydrogens is 568 g/mol. The number of hydrogen-bond donors (Lipinski definition) is 1. The molecule has 0 bridgehead atoms. The van der Waals surface area contributed by atoms with Crippen LogP contribution in [0.1, 0.15) is 52.7 Å². The lowest BCUT2D eigenvalue weighted by Crippen LogP contribution is -2.11. The molecule has 0 radical (unpaired) electrons. The smallest absolute Gasteiger partial charge is 0.134 e. The number of hydrogen-bond acceptors (Lipinski definition) is 5. The van der Waals surface area contributed by atoms with Gasteiger partial charge in [0.15, 0.2) is 0 Å². The molecule has 0 unspecified atom stereocenters. The number of phenols is 1. The van der Waals surface area contributed by atoms with E-state index in [4.69, 9.17) is 9.97 Å². The fourth-order valence-corrected chi connectivity index (χ4v) is 5.34. The van der Waals surface area contributed by atoms with Gasteiger partial charge in [0.25, 0.3) is 0 Å². The number of benzene rings is 2. The van der Waals surface area contributed by atoms with E-state index in [9.17, 15) is 5.11 Å². The van der Waals surface area contributed by atoms with Gasteiger partial charge in [-0.2, -0.15) is 0 Å². The van der Waals surface area contributed by atoms with Crippen LogP contribution in [-0.2, 0) is 10.8 Å². The molecule has 6 heteroatoms. The first-order valence-corrected chi connectivity index (χ1v) is 15.3. The Kier molecular flexibility index (Phi) is 8.86. The minimum absolute atomic E-state index is 0. The van der Waals surface area contributed by atoms with E-state index in [0.717, 1.165) is 45.2 Å². The maximum atomic E-state index is 11.6. The highest BCUT2D eigenvalue weighted by Crippen LogP contribution is 2.41. The van der Waals surface area contributed by atoms with E-state index in [-0.39, 0.29) is 22.1 Å². The van der Waals surface area contributed by atoms with Crippen LogP contribution in [-0.4, -0.2) is 30.5 Å². The summed E-state index contributed by atoms with van der Waals surface area (Å²) in [6.45, 7) is 13.2. The lowest BCUT2D eigenvalue weighted by molar-refractivity contribution is 0.477. The standard InChI is InChI=1S/C40H38N4O.H2O/c1-39(2,3)28-22-26(32-13-7-9-19-41-32)21-27(23-28)33-15-11-17-36(43-33)37-18-12-16-35(44-37)31-25-29(40(4,5)6)24-30(38(31)45)34-14-8-10-20-42-34;/h7-25,45H,1-6H3;1H2. The monoisotopic (exact) mass is 608 g/mol. The van der Waals surface area contributed by atoms with Crippen molar-refractivity contribution in [2.45, 2.75) is 52.4 Å². The van der Waals surface area contributed by atoms with Gasteiger partial charge >= 0.3 is 0 Å². The summed E-state index contributed by atoms with van der Waals surface area (Å²) >= 11 is 0. The molecule has 46 heavy (non-hydrogen) atoms. The highest BCUT2D eigenvalue weighted by atomic mass is 16.3. The highest BCUT2D eigenvalue weighted by molar-refractivity contribution is 5.81. The highest BCUT2D eigenvalue weighted by Gasteiger charge is 2.22. The van der Waals surface area contributed by atoms with Crippen molar-refractivity contribution in [1.29, 1.82) is 0 Å². The van der Waals surface area contributed by atoms with Gasteiger partial charge in [-0.1, -0.05) is 65.8 Å². The largest absolute Gasteiger partial charge is 0.507 e. The number of rotatable bonds is 5. The van der Waals surface area contributed by atoms with Crippen LogP contribution in [0.2, 0.25) is 0 Å². The van der Waals surface area contributed by atoms with Crippen molar-refractivity contribution in [3.63, 3.8) is 0 Å².